The molecule has 13 heteroatoms. The molecule has 0 radical (unpaired) electrons. The predicted octanol–water partition coefficient (Wildman–Crippen LogP) is 3.62. The first-order valence-corrected chi connectivity index (χ1v) is 14.7. The lowest BCUT2D eigenvalue weighted by molar-refractivity contribution is -0.100. The van der Waals surface area contributed by atoms with Crippen LogP contribution < -0.4 is 0 Å². The number of nitrogens with zero attached hydrogens (tertiary/aromatic N) is 5. The van der Waals surface area contributed by atoms with Crippen molar-refractivity contribution in [1.82, 2.24) is 30.0 Å². The van der Waals surface area contributed by atoms with Crippen LogP contribution in [0, 0.1) is 16.7 Å². The van der Waals surface area contributed by atoms with Crippen molar-refractivity contribution in [1.29, 1.82) is 0 Å². The molecule has 2 saturated heterocycles. The van der Waals surface area contributed by atoms with Gasteiger partial charge in [0, 0.05) is 60.7 Å². The fraction of sp³-hybridized carbons (Fsp3) is 0.680. The van der Waals surface area contributed by atoms with E-state index in [1.165, 1.54) is 18.9 Å². The number of hydrogen-bond donors (Lipinski definition) is 1. The van der Waals surface area contributed by atoms with Gasteiger partial charge in [-0.2, -0.15) is 18.3 Å². The van der Waals surface area contributed by atoms with Crippen molar-refractivity contribution < 1.29 is 26.4 Å². The summed E-state index contributed by atoms with van der Waals surface area (Å²) in [5.74, 6) is 3.27. The number of hydrogen-bond acceptors (Lipinski definition) is 6. The lowest BCUT2D eigenvalue weighted by Crippen LogP contribution is -2.71. The molecule has 3 aliphatic carbocycles. The molecule has 0 aromatic carbocycles. The van der Waals surface area contributed by atoms with Gasteiger partial charge in [-0.25, -0.2) is 18.2 Å². The van der Waals surface area contributed by atoms with Crippen molar-refractivity contribution in [2.45, 2.75) is 67.2 Å². The maximum atomic E-state index is 12.9. The second-order valence-corrected chi connectivity index (χ2v) is 14.3. The number of amides is 2. The van der Waals surface area contributed by atoms with Gasteiger partial charge in [0.1, 0.15) is 5.82 Å². The average molecular weight is 551 g/mol. The number of urea groups is 1. The Kier molecular flexibility index (Phi) is 5.07. The van der Waals surface area contributed by atoms with Crippen molar-refractivity contribution in [3.63, 3.8) is 0 Å². The summed E-state index contributed by atoms with van der Waals surface area (Å²) in [6, 6.07) is 2.45. The molecule has 9 nitrogen and oxygen atoms in total. The van der Waals surface area contributed by atoms with Crippen LogP contribution in [0.3, 0.4) is 0 Å². The molecule has 0 atom stereocenters. The molecule has 0 bridgehead atoms. The van der Waals surface area contributed by atoms with E-state index >= 15 is 0 Å². The number of carbonyl (C=O) groups excluding carboxylic acids is 1. The molecular weight excluding hydrogens is 521 g/mol. The van der Waals surface area contributed by atoms with Gasteiger partial charge in [-0.3, -0.25) is 10.1 Å². The van der Waals surface area contributed by atoms with Crippen molar-refractivity contribution in [2.24, 2.45) is 16.7 Å². The number of nitrogens with one attached hydrogen (secondary N) is 1. The Hall–Kier alpha value is -2.70. The van der Waals surface area contributed by atoms with E-state index in [9.17, 15) is 26.4 Å². The molecule has 2 aromatic rings. The molecule has 4 heterocycles. The van der Waals surface area contributed by atoms with Gasteiger partial charge in [0.15, 0.2) is 5.82 Å². The van der Waals surface area contributed by atoms with Gasteiger partial charge in [0.25, 0.3) is 9.84 Å². The van der Waals surface area contributed by atoms with Crippen LogP contribution >= 0.6 is 0 Å². The monoisotopic (exact) mass is 550 g/mol. The summed E-state index contributed by atoms with van der Waals surface area (Å²) in [5.41, 5.74) is -4.39. The van der Waals surface area contributed by atoms with Crippen molar-refractivity contribution in [2.75, 3.05) is 26.2 Å². The van der Waals surface area contributed by atoms with E-state index in [4.69, 9.17) is 0 Å². The van der Waals surface area contributed by atoms with Crippen molar-refractivity contribution in [3.8, 4) is 0 Å². The van der Waals surface area contributed by atoms with Gasteiger partial charge in [-0.05, 0) is 63.0 Å². The van der Waals surface area contributed by atoms with E-state index in [-0.39, 0.29) is 16.9 Å². The summed E-state index contributed by atoms with van der Waals surface area (Å²) in [6.07, 6.45) is 7.74. The third-order valence-electron chi connectivity index (χ3n) is 9.21. The zero-order valence-corrected chi connectivity index (χ0v) is 21.6. The Labute approximate surface area is 218 Å². The highest BCUT2D eigenvalue weighted by Gasteiger charge is 2.59. The number of H-pyrrole nitrogens is 1. The first-order chi connectivity index (χ1) is 17.9. The first kappa shape index (κ1) is 24.3. The van der Waals surface area contributed by atoms with E-state index < -0.39 is 20.2 Å². The fourth-order valence-corrected chi connectivity index (χ4v) is 7.83. The summed E-state index contributed by atoms with van der Waals surface area (Å²) in [7, 11) is -5.38. The Morgan fingerprint density at radius 3 is 2.18 bits per heavy atom. The maximum Gasteiger partial charge on any atom is 0.501 e. The molecule has 0 unspecified atom stereocenters. The van der Waals surface area contributed by atoms with Gasteiger partial charge in [0.2, 0.25) is 0 Å². The lowest BCUT2D eigenvalue weighted by atomic mass is 9.56. The lowest BCUT2D eigenvalue weighted by Gasteiger charge is -2.63. The normalized spacial score (nSPS) is 24.6. The number of likely N-dealkylation sites (tertiary alicyclic amines) is 2. The standard InChI is InChI=1S/C25H29F3N6O3S/c26-25(27,28)38(36,37)19-4-3-18(29-10-19)5-15-6-23(7-15)11-33(12-23)22(35)34-13-24(14-34)8-17(9-24)21-30-20(31-32-21)16-1-2-16/h3-4,10,15-17H,1-2,5-9,11-14H2,(H,30,31,32). The van der Waals surface area contributed by atoms with Crippen LogP contribution in [0.1, 0.15) is 67.7 Å². The molecule has 1 N–H and O–H groups in total. The minimum absolute atomic E-state index is 0.116. The number of aromatic nitrogens is 4. The molecule has 38 heavy (non-hydrogen) atoms. The zero-order valence-electron chi connectivity index (χ0n) is 20.7. The molecule has 7 rings (SSSR count). The van der Waals surface area contributed by atoms with Gasteiger partial charge < -0.3 is 9.80 Å². The molecular formula is C25H29F3N6O3S. The minimum Gasteiger partial charge on any atom is -0.323 e. The van der Waals surface area contributed by atoms with Crippen LogP contribution in [0.15, 0.2) is 23.2 Å². The number of halogens is 3. The third kappa shape index (κ3) is 3.91. The SMILES string of the molecule is O=C(N1CC2(CC(Cc3ccc(S(=O)(=O)C(F)(F)F)cn3)C2)C1)N1CC2(CC(c3n[nH]c(C4CC4)n3)C2)C1. The molecule has 204 valence electrons. The van der Waals surface area contributed by atoms with Crippen LogP contribution in [-0.2, 0) is 16.3 Å². The molecule has 5 aliphatic rings. The molecule has 3 saturated carbocycles. The quantitative estimate of drug-likeness (QED) is 0.609. The number of pyridine rings is 1. The van der Waals surface area contributed by atoms with E-state index in [0.717, 1.165) is 75.8 Å². The summed E-state index contributed by atoms with van der Waals surface area (Å²) in [4.78, 5) is 24.6. The zero-order chi connectivity index (χ0) is 26.5. The highest BCUT2D eigenvalue weighted by Crippen LogP contribution is 2.57. The second kappa shape index (κ2) is 7.92. The van der Waals surface area contributed by atoms with Crippen LogP contribution in [0.25, 0.3) is 0 Å². The van der Waals surface area contributed by atoms with Crippen LogP contribution in [-0.4, -0.2) is 76.1 Å². The number of sulfone groups is 1. The predicted molar refractivity (Wildman–Crippen MR) is 128 cm³/mol. The highest BCUT2D eigenvalue weighted by molar-refractivity contribution is 7.92. The highest BCUT2D eigenvalue weighted by atomic mass is 32.2. The smallest absolute Gasteiger partial charge is 0.323 e. The molecule has 5 fully saturated rings. The number of rotatable bonds is 5. The summed E-state index contributed by atoms with van der Waals surface area (Å²) < 4.78 is 61.1. The number of carbonyl (C=O) groups is 1. The minimum atomic E-state index is -5.38. The van der Waals surface area contributed by atoms with E-state index in [2.05, 4.69) is 20.2 Å². The second-order valence-electron chi connectivity index (χ2n) is 12.4. The topological polar surface area (TPSA) is 112 Å². The van der Waals surface area contributed by atoms with Gasteiger partial charge in [0.05, 0.1) is 4.90 Å². The summed E-state index contributed by atoms with van der Waals surface area (Å²) >= 11 is 0. The third-order valence-corrected chi connectivity index (χ3v) is 10.7. The van der Waals surface area contributed by atoms with Crippen LogP contribution in [0.5, 0.6) is 0 Å². The van der Waals surface area contributed by atoms with Crippen LogP contribution in [0.4, 0.5) is 18.0 Å². The first-order valence-electron chi connectivity index (χ1n) is 13.2. The summed E-state index contributed by atoms with van der Waals surface area (Å²) in [5, 5.41) is 7.51. The molecule has 2 spiro atoms. The molecule has 2 aliphatic heterocycles. The van der Waals surface area contributed by atoms with E-state index in [1.54, 1.807) is 0 Å². The van der Waals surface area contributed by atoms with Crippen molar-refractivity contribution in [3.05, 3.63) is 35.7 Å². The Bertz CT molecular complexity index is 1360. The Morgan fingerprint density at radius 1 is 1.00 bits per heavy atom. The van der Waals surface area contributed by atoms with E-state index in [1.807, 2.05) is 9.80 Å². The van der Waals surface area contributed by atoms with Crippen LogP contribution in [0.2, 0.25) is 0 Å². The van der Waals surface area contributed by atoms with Gasteiger partial charge in [-0.15, -0.1) is 0 Å². The molecule has 2 amide bonds. The maximum absolute atomic E-state index is 12.9. The Morgan fingerprint density at radius 2 is 1.63 bits per heavy atom. The van der Waals surface area contributed by atoms with Gasteiger partial charge >= 0.3 is 11.5 Å². The number of aromatic amines is 1. The van der Waals surface area contributed by atoms with E-state index in [0.29, 0.717) is 29.9 Å². The van der Waals surface area contributed by atoms with Crippen molar-refractivity contribution >= 4 is 15.9 Å². The largest absolute Gasteiger partial charge is 0.501 e. The number of alkyl halides is 3. The Balaban J connectivity index is 0.842. The average Bonchev–Trinajstić information content (AvgIpc) is 3.49. The molecule has 2 aromatic heterocycles. The van der Waals surface area contributed by atoms with Gasteiger partial charge in [-0.1, -0.05) is 0 Å². The summed E-state index contributed by atoms with van der Waals surface area (Å²) in [6.45, 7) is 3.09. The fourth-order valence-electron chi connectivity index (χ4n) is 7.12.